The zero-order chi connectivity index (χ0) is 14.9. The molecule has 0 spiro atoms. The van der Waals surface area contributed by atoms with Gasteiger partial charge in [0.1, 0.15) is 5.75 Å². The molecule has 2 aliphatic rings. The van der Waals surface area contributed by atoms with Crippen LogP contribution < -0.4 is 5.32 Å². The third kappa shape index (κ3) is 2.38. The van der Waals surface area contributed by atoms with Crippen molar-refractivity contribution >= 4 is 10.8 Å². The Morgan fingerprint density at radius 2 is 1.82 bits per heavy atom. The molecule has 4 rings (SSSR count). The minimum Gasteiger partial charge on any atom is -0.508 e. The van der Waals surface area contributed by atoms with Crippen LogP contribution in [0.1, 0.15) is 30.9 Å². The number of hydrogen-bond donors (Lipinski definition) is 2. The van der Waals surface area contributed by atoms with Gasteiger partial charge in [0.25, 0.3) is 0 Å². The van der Waals surface area contributed by atoms with Gasteiger partial charge in [0.15, 0.2) is 0 Å². The number of nitrogens with zero attached hydrogens (tertiary/aromatic N) is 1. The minimum absolute atomic E-state index is 0.363. The predicted octanol–water partition coefficient (Wildman–Crippen LogP) is 3.29. The number of fused-ring (bicyclic) bond motifs is 1. The van der Waals surface area contributed by atoms with Gasteiger partial charge in [0.05, 0.1) is 0 Å². The largest absolute Gasteiger partial charge is 0.508 e. The highest BCUT2D eigenvalue weighted by Gasteiger charge is 2.35. The van der Waals surface area contributed by atoms with Crippen LogP contribution in [0.15, 0.2) is 36.4 Å². The van der Waals surface area contributed by atoms with Crippen LogP contribution in [0.4, 0.5) is 0 Å². The van der Waals surface area contributed by atoms with Crippen LogP contribution in [-0.4, -0.2) is 36.2 Å². The van der Waals surface area contributed by atoms with Crippen molar-refractivity contribution < 1.29 is 5.11 Å². The molecule has 1 saturated carbocycles. The van der Waals surface area contributed by atoms with E-state index >= 15 is 0 Å². The molecule has 1 atom stereocenters. The Morgan fingerprint density at radius 1 is 1.05 bits per heavy atom. The Bertz CT molecular complexity index is 660. The van der Waals surface area contributed by atoms with Crippen molar-refractivity contribution in [1.82, 2.24) is 10.2 Å². The molecule has 3 nitrogen and oxygen atoms in total. The maximum atomic E-state index is 10.6. The molecular formula is C19H24N2O. The molecule has 2 N–H and O–H groups in total. The van der Waals surface area contributed by atoms with E-state index in [9.17, 15) is 5.11 Å². The summed E-state index contributed by atoms with van der Waals surface area (Å²) in [5.41, 5.74) is 1.16. The average Bonchev–Trinajstić information content (AvgIpc) is 2.52. The van der Waals surface area contributed by atoms with Crippen molar-refractivity contribution in [2.75, 3.05) is 26.2 Å². The summed E-state index contributed by atoms with van der Waals surface area (Å²) in [6.45, 7) is 4.25. The number of hydrogen-bond acceptors (Lipinski definition) is 3. The lowest BCUT2D eigenvalue weighted by Crippen LogP contribution is -2.47. The fraction of sp³-hybridized carbons (Fsp3) is 0.474. The van der Waals surface area contributed by atoms with Gasteiger partial charge in [-0.1, -0.05) is 36.8 Å². The van der Waals surface area contributed by atoms with Crippen molar-refractivity contribution in [3.05, 3.63) is 42.0 Å². The summed E-state index contributed by atoms with van der Waals surface area (Å²) in [5.74, 6) is 1.16. The second-order valence-corrected chi connectivity index (χ2v) is 6.64. The summed E-state index contributed by atoms with van der Waals surface area (Å²) in [6, 6.07) is 12.7. The summed E-state index contributed by atoms with van der Waals surface area (Å²) < 4.78 is 0. The number of nitrogens with one attached hydrogen (secondary N) is 1. The Morgan fingerprint density at radius 3 is 2.55 bits per heavy atom. The van der Waals surface area contributed by atoms with E-state index in [1.54, 1.807) is 0 Å². The molecule has 0 bridgehead atoms. The van der Waals surface area contributed by atoms with E-state index in [-0.39, 0.29) is 0 Å². The molecule has 0 aromatic heterocycles. The van der Waals surface area contributed by atoms with E-state index < -0.39 is 0 Å². The molecule has 22 heavy (non-hydrogen) atoms. The van der Waals surface area contributed by atoms with E-state index in [1.807, 2.05) is 12.1 Å². The second kappa shape index (κ2) is 5.90. The lowest BCUT2D eigenvalue weighted by molar-refractivity contribution is 0.0829. The zero-order valence-electron chi connectivity index (χ0n) is 13.0. The Hall–Kier alpha value is -1.58. The highest BCUT2D eigenvalue weighted by molar-refractivity contribution is 5.88. The Balaban J connectivity index is 1.83. The molecule has 0 amide bonds. The zero-order valence-corrected chi connectivity index (χ0v) is 13.0. The van der Waals surface area contributed by atoms with Crippen molar-refractivity contribution in [3.8, 4) is 5.75 Å². The third-order valence-electron chi connectivity index (χ3n) is 5.38. The lowest BCUT2D eigenvalue weighted by Gasteiger charge is -2.43. The first-order valence-electron chi connectivity index (χ1n) is 8.50. The van der Waals surface area contributed by atoms with Crippen LogP contribution >= 0.6 is 0 Å². The van der Waals surface area contributed by atoms with Crippen LogP contribution in [-0.2, 0) is 0 Å². The van der Waals surface area contributed by atoms with Gasteiger partial charge in [-0.15, -0.1) is 0 Å². The molecule has 2 aromatic rings. The van der Waals surface area contributed by atoms with Gasteiger partial charge in [-0.3, -0.25) is 4.90 Å². The summed E-state index contributed by atoms with van der Waals surface area (Å²) in [6.07, 6.45) is 3.91. The predicted molar refractivity (Wildman–Crippen MR) is 90.1 cm³/mol. The maximum absolute atomic E-state index is 10.6. The number of rotatable bonds is 3. The minimum atomic E-state index is 0.363. The first-order valence-corrected chi connectivity index (χ1v) is 8.50. The molecule has 1 heterocycles. The molecule has 0 unspecified atom stereocenters. The summed E-state index contributed by atoms with van der Waals surface area (Å²) in [4.78, 5) is 2.59. The molecule has 0 radical (unpaired) electrons. The van der Waals surface area contributed by atoms with Crippen LogP contribution in [0, 0.1) is 5.92 Å². The van der Waals surface area contributed by atoms with Crippen molar-refractivity contribution in [3.63, 3.8) is 0 Å². The molecule has 116 valence electrons. The second-order valence-electron chi connectivity index (χ2n) is 6.64. The highest BCUT2D eigenvalue weighted by Crippen LogP contribution is 2.46. The normalized spacial score (nSPS) is 21.6. The van der Waals surface area contributed by atoms with E-state index in [0.29, 0.717) is 17.7 Å². The average molecular weight is 296 g/mol. The fourth-order valence-corrected chi connectivity index (χ4v) is 4.03. The van der Waals surface area contributed by atoms with Crippen LogP contribution in [0.3, 0.4) is 0 Å². The molecule has 1 aliphatic heterocycles. The number of phenols is 1. The maximum Gasteiger partial charge on any atom is 0.121 e. The van der Waals surface area contributed by atoms with Crippen LogP contribution in [0.2, 0.25) is 0 Å². The molecule has 1 aliphatic carbocycles. The van der Waals surface area contributed by atoms with Gasteiger partial charge < -0.3 is 10.4 Å². The Kier molecular flexibility index (Phi) is 3.77. The fourth-order valence-electron chi connectivity index (χ4n) is 4.03. The van der Waals surface area contributed by atoms with Gasteiger partial charge in [-0.2, -0.15) is 0 Å². The summed E-state index contributed by atoms with van der Waals surface area (Å²) >= 11 is 0. The first kappa shape index (κ1) is 14.0. The van der Waals surface area contributed by atoms with E-state index in [2.05, 4.69) is 34.5 Å². The summed E-state index contributed by atoms with van der Waals surface area (Å²) in [5, 5.41) is 16.5. The van der Waals surface area contributed by atoms with Gasteiger partial charge >= 0.3 is 0 Å². The molecule has 1 saturated heterocycles. The summed E-state index contributed by atoms with van der Waals surface area (Å²) in [7, 11) is 0. The van der Waals surface area contributed by atoms with Crippen molar-refractivity contribution in [2.45, 2.75) is 25.3 Å². The molecule has 2 aromatic carbocycles. The smallest absolute Gasteiger partial charge is 0.121 e. The number of phenolic OH excluding ortho intramolecular Hbond substituents is 1. The third-order valence-corrected chi connectivity index (χ3v) is 5.38. The van der Waals surface area contributed by atoms with Gasteiger partial charge in [0.2, 0.25) is 0 Å². The topological polar surface area (TPSA) is 35.5 Å². The monoisotopic (exact) mass is 296 g/mol. The lowest BCUT2D eigenvalue weighted by atomic mass is 9.75. The van der Waals surface area contributed by atoms with Gasteiger partial charge in [0, 0.05) is 37.8 Å². The van der Waals surface area contributed by atoms with Gasteiger partial charge in [-0.25, -0.2) is 0 Å². The van der Waals surface area contributed by atoms with Crippen LogP contribution in [0.25, 0.3) is 10.8 Å². The quantitative estimate of drug-likeness (QED) is 0.912. The van der Waals surface area contributed by atoms with Crippen molar-refractivity contribution in [1.29, 1.82) is 0 Å². The number of piperazine rings is 1. The number of benzene rings is 2. The van der Waals surface area contributed by atoms with E-state index in [4.69, 9.17) is 0 Å². The molecule has 3 heteroatoms. The first-order chi connectivity index (χ1) is 10.8. The SMILES string of the molecule is Oc1ccc2ccccc2c1[C@@H](C1CCC1)N1CCNCC1. The standard InChI is InChI=1S/C19H24N2O/c22-17-9-8-14-4-1-2-7-16(14)18(17)19(15-5-3-6-15)21-12-10-20-11-13-21/h1-2,4,7-9,15,19-20,22H,3,5-6,10-13H2/t19-/m1/s1. The Labute approximate surface area is 131 Å². The van der Waals surface area contributed by atoms with Crippen molar-refractivity contribution in [2.24, 2.45) is 5.92 Å². The number of aromatic hydroxyl groups is 1. The molecular weight excluding hydrogens is 272 g/mol. The van der Waals surface area contributed by atoms with Gasteiger partial charge in [-0.05, 0) is 35.6 Å². The molecule has 2 fully saturated rings. The van der Waals surface area contributed by atoms with Crippen LogP contribution in [0.5, 0.6) is 5.75 Å². The van der Waals surface area contributed by atoms with E-state index in [0.717, 1.165) is 31.7 Å². The highest BCUT2D eigenvalue weighted by atomic mass is 16.3. The van der Waals surface area contributed by atoms with E-state index in [1.165, 1.54) is 30.0 Å².